The summed E-state index contributed by atoms with van der Waals surface area (Å²) in [6, 6.07) is 11.6. The van der Waals surface area contributed by atoms with Crippen molar-refractivity contribution in [3.05, 3.63) is 76.0 Å². The second-order valence-electron chi connectivity index (χ2n) is 7.32. The highest BCUT2D eigenvalue weighted by molar-refractivity contribution is 5.94. The highest BCUT2D eigenvalue weighted by atomic mass is 16.2. The molecule has 0 aromatic carbocycles. The first-order valence-corrected chi connectivity index (χ1v) is 11.0. The number of hydrogen-bond donors (Lipinski definition) is 1. The number of ketones is 1. The van der Waals surface area contributed by atoms with Crippen molar-refractivity contribution in [2.24, 2.45) is 0 Å². The second-order valence-corrected chi connectivity index (χ2v) is 7.32. The Hall–Kier alpha value is -3.03. The number of rotatable bonds is 4. The molecule has 32 heavy (non-hydrogen) atoms. The summed E-state index contributed by atoms with van der Waals surface area (Å²) in [5.41, 5.74) is 4.12. The molecule has 3 aromatic heterocycles. The van der Waals surface area contributed by atoms with Crippen LogP contribution >= 0.6 is 0 Å². The van der Waals surface area contributed by atoms with Crippen molar-refractivity contribution in [3.63, 3.8) is 0 Å². The van der Waals surface area contributed by atoms with Gasteiger partial charge in [0.05, 0.1) is 11.1 Å². The fourth-order valence-corrected chi connectivity index (χ4v) is 3.83. The van der Waals surface area contributed by atoms with Crippen molar-refractivity contribution in [1.82, 2.24) is 14.3 Å². The van der Waals surface area contributed by atoms with Crippen LogP contribution in [0.4, 0.5) is 5.69 Å². The summed E-state index contributed by atoms with van der Waals surface area (Å²) in [7, 11) is 1.00. The second kappa shape index (κ2) is 12.1. The molecule has 0 radical (unpaired) electrons. The zero-order chi connectivity index (χ0) is 23.7. The van der Waals surface area contributed by atoms with Crippen LogP contribution in [0.25, 0.3) is 5.52 Å². The minimum atomic E-state index is -0.246. The van der Waals surface area contributed by atoms with Crippen LogP contribution < -0.4 is 10.5 Å². The lowest BCUT2D eigenvalue weighted by Crippen LogP contribution is -2.46. The van der Waals surface area contributed by atoms with Gasteiger partial charge in [0.25, 0.3) is 5.56 Å². The van der Waals surface area contributed by atoms with Crippen molar-refractivity contribution in [1.29, 1.82) is 0 Å². The van der Waals surface area contributed by atoms with E-state index in [2.05, 4.69) is 26.9 Å². The molecule has 1 saturated heterocycles. The van der Waals surface area contributed by atoms with E-state index in [-0.39, 0.29) is 16.9 Å². The van der Waals surface area contributed by atoms with Gasteiger partial charge in [-0.05, 0) is 49.7 Å². The molecule has 4 heterocycles. The molecule has 0 unspecified atom stereocenters. The number of hydrogen-bond acceptors (Lipinski definition) is 6. The summed E-state index contributed by atoms with van der Waals surface area (Å²) in [6.45, 7) is 11.9. The first-order chi connectivity index (χ1) is 15.5. The Kier molecular flexibility index (Phi) is 9.56. The van der Waals surface area contributed by atoms with Crippen LogP contribution in [0.1, 0.15) is 42.4 Å². The highest BCUT2D eigenvalue weighted by Crippen LogP contribution is 2.19. The molecule has 0 saturated carbocycles. The fraction of sp³-hybridized carbons (Fsp3) is 0.400. The predicted octanol–water partition coefficient (Wildman–Crippen LogP) is 3.16. The van der Waals surface area contributed by atoms with Crippen molar-refractivity contribution >= 4 is 17.0 Å². The average molecular weight is 439 g/mol. The van der Waals surface area contributed by atoms with E-state index in [0.717, 1.165) is 56.6 Å². The van der Waals surface area contributed by atoms with Gasteiger partial charge in [0, 0.05) is 63.6 Å². The number of Topliss-reactive ketones (excluding diaryl/α,β-unsaturated/α-hetero) is 1. The smallest absolute Gasteiger partial charge is 0.265 e. The van der Waals surface area contributed by atoms with Gasteiger partial charge in [-0.3, -0.25) is 23.9 Å². The average Bonchev–Trinajstić information content (AvgIpc) is 2.84. The summed E-state index contributed by atoms with van der Waals surface area (Å²) in [5.74, 6) is -0.192. The third kappa shape index (κ3) is 5.81. The molecule has 0 spiro atoms. The van der Waals surface area contributed by atoms with Crippen LogP contribution in [0.5, 0.6) is 0 Å². The van der Waals surface area contributed by atoms with Crippen LogP contribution in [-0.2, 0) is 6.54 Å². The van der Waals surface area contributed by atoms with Crippen LogP contribution in [0.2, 0.25) is 0 Å². The van der Waals surface area contributed by atoms with Gasteiger partial charge in [-0.2, -0.15) is 0 Å². The van der Waals surface area contributed by atoms with E-state index in [1.807, 2.05) is 45.2 Å². The van der Waals surface area contributed by atoms with Crippen molar-refractivity contribution < 1.29 is 9.90 Å². The molecule has 1 aliphatic rings. The van der Waals surface area contributed by atoms with E-state index in [1.165, 1.54) is 12.6 Å². The third-order valence-corrected chi connectivity index (χ3v) is 5.35. The Morgan fingerprint density at radius 2 is 1.75 bits per heavy atom. The van der Waals surface area contributed by atoms with Crippen molar-refractivity contribution in [3.8, 4) is 0 Å². The zero-order valence-electron chi connectivity index (χ0n) is 19.7. The maximum Gasteiger partial charge on any atom is 0.265 e. The number of nitrogens with zero attached hydrogens (tertiary/aromatic N) is 4. The Morgan fingerprint density at radius 1 is 1.06 bits per heavy atom. The first-order valence-electron chi connectivity index (χ1n) is 11.0. The molecule has 0 bridgehead atoms. The number of aryl methyl sites for hydroxylation is 1. The van der Waals surface area contributed by atoms with E-state index in [1.54, 1.807) is 16.7 Å². The molecule has 1 N–H and O–H groups in total. The number of anilines is 1. The van der Waals surface area contributed by atoms with E-state index in [4.69, 9.17) is 5.11 Å². The summed E-state index contributed by atoms with van der Waals surface area (Å²) in [5, 5.41) is 7.00. The lowest BCUT2D eigenvalue weighted by molar-refractivity contribution is 0.101. The van der Waals surface area contributed by atoms with Crippen LogP contribution in [-0.4, -0.2) is 58.5 Å². The number of pyridine rings is 3. The molecule has 1 aliphatic heterocycles. The quantitative estimate of drug-likeness (QED) is 0.631. The van der Waals surface area contributed by atoms with Crippen LogP contribution in [0.15, 0.2) is 53.6 Å². The Balaban J connectivity index is 0.000000860. The normalized spacial score (nSPS) is 13.6. The van der Waals surface area contributed by atoms with Gasteiger partial charge in [0.15, 0.2) is 5.78 Å². The predicted molar refractivity (Wildman–Crippen MR) is 130 cm³/mol. The van der Waals surface area contributed by atoms with Gasteiger partial charge in [-0.25, -0.2) is 0 Å². The van der Waals surface area contributed by atoms with Gasteiger partial charge >= 0.3 is 0 Å². The van der Waals surface area contributed by atoms with E-state index in [9.17, 15) is 9.59 Å². The number of aliphatic hydroxyl groups excluding tert-OH is 1. The number of fused-ring (bicyclic) bond motifs is 1. The molecule has 172 valence electrons. The zero-order valence-corrected chi connectivity index (χ0v) is 19.7. The van der Waals surface area contributed by atoms with Gasteiger partial charge in [0.2, 0.25) is 0 Å². The lowest BCUT2D eigenvalue weighted by Gasteiger charge is -2.36. The number of carbonyl (C=O) groups is 1. The maximum atomic E-state index is 12.6. The van der Waals surface area contributed by atoms with E-state index >= 15 is 0 Å². The van der Waals surface area contributed by atoms with E-state index in [0.29, 0.717) is 0 Å². The summed E-state index contributed by atoms with van der Waals surface area (Å²) >= 11 is 0. The molecule has 0 amide bonds. The summed E-state index contributed by atoms with van der Waals surface area (Å²) in [6.07, 6.45) is 3.59. The molecule has 7 nitrogen and oxygen atoms in total. The number of carbonyl (C=O) groups excluding carboxylic acids is 1. The largest absolute Gasteiger partial charge is 0.400 e. The monoisotopic (exact) mass is 438 g/mol. The minimum Gasteiger partial charge on any atom is -0.400 e. The Morgan fingerprint density at radius 3 is 2.38 bits per heavy atom. The first kappa shape index (κ1) is 25.2. The Labute approximate surface area is 189 Å². The third-order valence-electron chi connectivity index (χ3n) is 5.35. The highest BCUT2D eigenvalue weighted by Gasteiger charge is 2.20. The maximum absolute atomic E-state index is 12.6. The number of piperazine rings is 1. The SMILES string of the molecule is CC.CC(=O)c1cc(CN2CCN(c3ccnc(C)c3)CC2)c2ccccn2c1=O.CO. The van der Waals surface area contributed by atoms with Gasteiger partial charge in [-0.1, -0.05) is 19.9 Å². The molecule has 4 rings (SSSR count). The number of aliphatic hydroxyl groups is 1. The fourth-order valence-electron chi connectivity index (χ4n) is 3.83. The standard InChI is InChI=1S/C22H24N4O2.C2H6.CH4O/c1-16-13-19(6-7-23-16)25-11-9-24(10-12-25)15-18-14-20(17(2)27)22(28)26-8-4-3-5-21(18)26;2*1-2/h3-8,13-14H,9-12,15H2,1-2H3;1-2H3;2H,1H3. The molecule has 1 fully saturated rings. The topological polar surface area (TPSA) is 78.2 Å². The molecule has 7 heteroatoms. The van der Waals surface area contributed by atoms with Crippen molar-refractivity contribution in [2.45, 2.75) is 34.2 Å². The van der Waals surface area contributed by atoms with Gasteiger partial charge in [-0.15, -0.1) is 0 Å². The molecular formula is C25H34N4O3. The summed E-state index contributed by atoms with van der Waals surface area (Å²) in [4.78, 5) is 33.5. The molecule has 0 atom stereocenters. The molecule has 3 aromatic rings. The van der Waals surface area contributed by atoms with Gasteiger partial charge < -0.3 is 10.0 Å². The minimum absolute atomic E-state index is 0.192. The summed E-state index contributed by atoms with van der Waals surface area (Å²) < 4.78 is 1.59. The molecular weight excluding hydrogens is 404 g/mol. The Bertz CT molecular complexity index is 1090. The van der Waals surface area contributed by atoms with Crippen molar-refractivity contribution in [2.75, 3.05) is 38.2 Å². The van der Waals surface area contributed by atoms with Crippen LogP contribution in [0.3, 0.4) is 0 Å². The van der Waals surface area contributed by atoms with Crippen LogP contribution in [0, 0.1) is 6.92 Å². The number of aromatic nitrogens is 2. The van der Waals surface area contributed by atoms with Gasteiger partial charge in [0.1, 0.15) is 0 Å². The lowest BCUT2D eigenvalue weighted by atomic mass is 10.1. The molecule has 0 aliphatic carbocycles. The van der Waals surface area contributed by atoms with E-state index < -0.39 is 0 Å².